The molecule has 2 rings (SSSR count). The molecule has 0 aliphatic carbocycles. The van der Waals surface area contributed by atoms with Gasteiger partial charge in [-0.2, -0.15) is 0 Å². The minimum absolute atomic E-state index is 0.239. The van der Waals surface area contributed by atoms with Crippen molar-refractivity contribution in [1.82, 2.24) is 19.1 Å². The first-order valence-electron chi connectivity index (χ1n) is 5.98. The Labute approximate surface area is 109 Å². The maximum atomic E-state index is 12.1. The summed E-state index contributed by atoms with van der Waals surface area (Å²) < 4.78 is 2.59. The van der Waals surface area contributed by atoms with E-state index >= 15 is 0 Å². The molecule has 2 aromatic heterocycles. The molecule has 0 aliphatic rings. The van der Waals surface area contributed by atoms with Crippen LogP contribution in [0.5, 0.6) is 0 Å². The molecule has 0 saturated carbocycles. The Morgan fingerprint density at radius 3 is 2.63 bits per heavy atom. The zero-order valence-corrected chi connectivity index (χ0v) is 10.4. The van der Waals surface area contributed by atoms with E-state index < -0.39 is 0 Å². The fourth-order valence-electron chi connectivity index (χ4n) is 1.70. The van der Waals surface area contributed by atoms with E-state index in [4.69, 9.17) is 5.73 Å². The molecule has 100 valence electrons. The smallest absolute Gasteiger partial charge is 0.330 e. The van der Waals surface area contributed by atoms with Crippen LogP contribution in [0.3, 0.4) is 0 Å². The Bertz CT molecular complexity index is 647. The molecule has 0 spiro atoms. The van der Waals surface area contributed by atoms with Crippen LogP contribution in [0, 0.1) is 0 Å². The summed E-state index contributed by atoms with van der Waals surface area (Å²) in [5, 5.41) is 0. The van der Waals surface area contributed by atoms with Crippen LogP contribution in [-0.2, 0) is 13.1 Å². The Balaban J connectivity index is 2.32. The van der Waals surface area contributed by atoms with Gasteiger partial charge in [0.2, 0.25) is 0 Å². The highest BCUT2D eigenvalue weighted by molar-refractivity contribution is 4.93. The maximum absolute atomic E-state index is 12.1. The van der Waals surface area contributed by atoms with Crippen molar-refractivity contribution < 1.29 is 0 Å². The number of hydrogen-bond donors (Lipinski definition) is 1. The SMILES string of the molecule is NCCCn1c(=O)ccn(Cc2ncccn2)c1=O. The van der Waals surface area contributed by atoms with Gasteiger partial charge in [-0.15, -0.1) is 0 Å². The molecular formula is C12H15N5O2. The van der Waals surface area contributed by atoms with Gasteiger partial charge < -0.3 is 5.73 Å². The van der Waals surface area contributed by atoms with E-state index in [1.807, 2.05) is 0 Å². The van der Waals surface area contributed by atoms with Crippen LogP contribution in [0.2, 0.25) is 0 Å². The first-order valence-corrected chi connectivity index (χ1v) is 5.98. The van der Waals surface area contributed by atoms with E-state index in [9.17, 15) is 9.59 Å². The second-order valence-electron chi connectivity index (χ2n) is 4.02. The minimum Gasteiger partial charge on any atom is -0.330 e. The molecule has 0 atom stereocenters. The Morgan fingerprint density at radius 2 is 1.95 bits per heavy atom. The van der Waals surface area contributed by atoms with Gasteiger partial charge in [-0.3, -0.25) is 13.9 Å². The molecule has 0 bridgehead atoms. The van der Waals surface area contributed by atoms with Gasteiger partial charge in [-0.25, -0.2) is 14.8 Å². The highest BCUT2D eigenvalue weighted by Crippen LogP contribution is 1.91. The van der Waals surface area contributed by atoms with Crippen LogP contribution in [0.25, 0.3) is 0 Å². The van der Waals surface area contributed by atoms with Crippen LogP contribution in [-0.4, -0.2) is 25.6 Å². The molecule has 0 aliphatic heterocycles. The van der Waals surface area contributed by atoms with Gasteiger partial charge in [0.05, 0.1) is 6.54 Å². The number of hydrogen-bond acceptors (Lipinski definition) is 5. The number of aromatic nitrogens is 4. The average Bonchev–Trinajstić information content (AvgIpc) is 2.43. The lowest BCUT2D eigenvalue weighted by Gasteiger charge is -2.08. The van der Waals surface area contributed by atoms with Crippen LogP contribution in [0.15, 0.2) is 40.3 Å². The summed E-state index contributed by atoms with van der Waals surface area (Å²) in [6.45, 7) is 0.996. The molecule has 2 heterocycles. The zero-order chi connectivity index (χ0) is 13.7. The van der Waals surface area contributed by atoms with Crippen molar-refractivity contribution in [3.63, 3.8) is 0 Å². The Hall–Kier alpha value is -2.28. The van der Waals surface area contributed by atoms with Gasteiger partial charge in [0, 0.05) is 31.2 Å². The van der Waals surface area contributed by atoms with Gasteiger partial charge >= 0.3 is 5.69 Å². The molecule has 2 aromatic rings. The van der Waals surface area contributed by atoms with Crippen molar-refractivity contribution in [2.45, 2.75) is 19.5 Å². The largest absolute Gasteiger partial charge is 0.331 e. The van der Waals surface area contributed by atoms with Crippen molar-refractivity contribution in [3.8, 4) is 0 Å². The van der Waals surface area contributed by atoms with Crippen LogP contribution in [0.1, 0.15) is 12.2 Å². The van der Waals surface area contributed by atoms with Gasteiger partial charge in [-0.1, -0.05) is 0 Å². The van der Waals surface area contributed by atoms with E-state index in [1.165, 1.54) is 21.4 Å². The molecule has 7 nitrogen and oxygen atoms in total. The van der Waals surface area contributed by atoms with Gasteiger partial charge in [0.15, 0.2) is 0 Å². The third kappa shape index (κ3) is 3.14. The van der Waals surface area contributed by atoms with Gasteiger partial charge in [0.1, 0.15) is 5.82 Å². The van der Waals surface area contributed by atoms with Crippen molar-refractivity contribution >= 4 is 0 Å². The van der Waals surface area contributed by atoms with E-state index in [0.29, 0.717) is 25.3 Å². The summed E-state index contributed by atoms with van der Waals surface area (Å²) in [7, 11) is 0. The number of nitrogens with two attached hydrogens (primary N) is 1. The van der Waals surface area contributed by atoms with Crippen LogP contribution >= 0.6 is 0 Å². The predicted octanol–water partition coefficient (Wildman–Crippen LogP) is -0.803. The standard InChI is InChI=1S/C12H15N5O2/c13-4-1-7-17-11(18)3-8-16(12(17)19)9-10-14-5-2-6-15-10/h2-3,5-6,8H,1,4,7,9,13H2. The molecule has 0 unspecified atom stereocenters. The summed E-state index contributed by atoms with van der Waals surface area (Å²) in [4.78, 5) is 31.9. The topological polar surface area (TPSA) is 95.8 Å². The first-order chi connectivity index (χ1) is 9.22. The lowest BCUT2D eigenvalue weighted by Crippen LogP contribution is -2.39. The van der Waals surface area contributed by atoms with Crippen molar-refractivity contribution in [3.05, 3.63) is 57.4 Å². The Kier molecular flexibility index (Phi) is 4.19. The molecule has 0 amide bonds. The predicted molar refractivity (Wildman–Crippen MR) is 69.8 cm³/mol. The second kappa shape index (κ2) is 6.05. The van der Waals surface area contributed by atoms with E-state index in [2.05, 4.69) is 9.97 Å². The summed E-state index contributed by atoms with van der Waals surface area (Å²) in [5.41, 5.74) is 4.71. The molecule has 7 heteroatoms. The van der Waals surface area contributed by atoms with Gasteiger partial charge in [-0.05, 0) is 19.0 Å². The van der Waals surface area contributed by atoms with Crippen LogP contribution < -0.4 is 17.0 Å². The van der Waals surface area contributed by atoms with E-state index in [1.54, 1.807) is 18.5 Å². The number of rotatable bonds is 5. The molecular weight excluding hydrogens is 246 g/mol. The van der Waals surface area contributed by atoms with Crippen molar-refractivity contribution in [1.29, 1.82) is 0 Å². The maximum Gasteiger partial charge on any atom is 0.331 e. The number of nitrogens with zero attached hydrogens (tertiary/aromatic N) is 4. The summed E-state index contributed by atoms with van der Waals surface area (Å²) in [6.07, 6.45) is 5.26. The first kappa shape index (κ1) is 13.2. The third-order valence-electron chi connectivity index (χ3n) is 2.66. The summed E-state index contributed by atoms with van der Waals surface area (Å²) >= 11 is 0. The lowest BCUT2D eigenvalue weighted by atomic mass is 10.4. The fourth-order valence-corrected chi connectivity index (χ4v) is 1.70. The third-order valence-corrected chi connectivity index (χ3v) is 2.66. The van der Waals surface area contributed by atoms with Crippen molar-refractivity contribution in [2.75, 3.05) is 6.54 Å². The molecule has 2 N–H and O–H groups in total. The quantitative estimate of drug-likeness (QED) is 0.760. The fraction of sp³-hybridized carbons (Fsp3) is 0.333. The van der Waals surface area contributed by atoms with E-state index in [-0.39, 0.29) is 17.8 Å². The van der Waals surface area contributed by atoms with Crippen molar-refractivity contribution in [2.24, 2.45) is 5.73 Å². The molecule has 0 saturated heterocycles. The van der Waals surface area contributed by atoms with Crippen LogP contribution in [0.4, 0.5) is 0 Å². The monoisotopic (exact) mass is 261 g/mol. The highest BCUT2D eigenvalue weighted by Gasteiger charge is 2.06. The molecule has 0 fully saturated rings. The lowest BCUT2D eigenvalue weighted by molar-refractivity contribution is 0.549. The second-order valence-corrected chi connectivity index (χ2v) is 4.02. The molecule has 19 heavy (non-hydrogen) atoms. The highest BCUT2D eigenvalue weighted by atomic mass is 16.2. The summed E-state index contributed by atoms with van der Waals surface area (Å²) in [6, 6.07) is 3.06. The normalized spacial score (nSPS) is 10.6. The molecule has 0 aromatic carbocycles. The van der Waals surface area contributed by atoms with E-state index in [0.717, 1.165) is 0 Å². The summed E-state index contributed by atoms with van der Waals surface area (Å²) in [5.74, 6) is 0.522. The minimum atomic E-state index is -0.367. The molecule has 0 radical (unpaired) electrons. The zero-order valence-electron chi connectivity index (χ0n) is 10.4. The Morgan fingerprint density at radius 1 is 1.21 bits per heavy atom. The average molecular weight is 261 g/mol. The van der Waals surface area contributed by atoms with Gasteiger partial charge in [0.25, 0.3) is 5.56 Å².